The molecule has 1 fully saturated rings. The Bertz CT molecular complexity index is 1280. The molecule has 152 valence electrons. The van der Waals surface area contributed by atoms with Gasteiger partial charge in [0.05, 0.1) is 10.6 Å². The second-order valence-electron chi connectivity index (χ2n) is 6.39. The molecule has 3 N–H and O–H groups in total. The maximum absolute atomic E-state index is 12.6. The van der Waals surface area contributed by atoms with Crippen LogP contribution in [-0.2, 0) is 19.6 Å². The predicted molar refractivity (Wildman–Crippen MR) is 111 cm³/mol. The van der Waals surface area contributed by atoms with E-state index >= 15 is 0 Å². The number of amides is 2. The van der Waals surface area contributed by atoms with E-state index in [4.69, 9.17) is 21.2 Å². The molecular formula is C20H14ClN3O5S. The summed E-state index contributed by atoms with van der Waals surface area (Å²) in [7, 11) is -3.79. The predicted octanol–water partition coefficient (Wildman–Crippen LogP) is 2.71. The number of hydrogen-bond acceptors (Lipinski definition) is 5. The van der Waals surface area contributed by atoms with E-state index in [9.17, 15) is 18.0 Å². The van der Waals surface area contributed by atoms with E-state index in [2.05, 4.69) is 5.43 Å². The highest BCUT2D eigenvalue weighted by atomic mass is 35.5. The van der Waals surface area contributed by atoms with Crippen molar-refractivity contribution >= 4 is 45.2 Å². The minimum absolute atomic E-state index is 0.0179. The van der Waals surface area contributed by atoms with Crippen LogP contribution in [0.2, 0.25) is 5.02 Å². The number of nitrogens with two attached hydrogens (primary N) is 1. The van der Waals surface area contributed by atoms with Crippen molar-refractivity contribution < 1.29 is 22.4 Å². The molecule has 8 nitrogen and oxygen atoms in total. The number of hydrazine groups is 1. The van der Waals surface area contributed by atoms with Gasteiger partial charge in [-0.1, -0.05) is 11.6 Å². The lowest BCUT2D eigenvalue weighted by atomic mass is 10.2. The van der Waals surface area contributed by atoms with E-state index in [1.807, 2.05) is 0 Å². The van der Waals surface area contributed by atoms with Crippen molar-refractivity contribution in [1.82, 2.24) is 5.43 Å². The summed E-state index contributed by atoms with van der Waals surface area (Å²) in [6.45, 7) is 0. The summed E-state index contributed by atoms with van der Waals surface area (Å²) < 4.78 is 28.4. The number of nitrogens with one attached hydrogen (secondary N) is 1. The van der Waals surface area contributed by atoms with Crippen molar-refractivity contribution in [2.45, 2.75) is 4.90 Å². The van der Waals surface area contributed by atoms with Crippen LogP contribution in [0, 0.1) is 0 Å². The summed E-state index contributed by atoms with van der Waals surface area (Å²) >= 11 is 5.85. The average Bonchev–Trinajstić information content (AvgIpc) is 3.28. The fourth-order valence-corrected chi connectivity index (χ4v) is 3.51. The van der Waals surface area contributed by atoms with Crippen LogP contribution in [0.15, 0.2) is 75.5 Å². The Morgan fingerprint density at radius 2 is 1.63 bits per heavy atom. The van der Waals surface area contributed by atoms with Crippen molar-refractivity contribution in [3.63, 3.8) is 0 Å². The topological polar surface area (TPSA) is 123 Å². The van der Waals surface area contributed by atoms with E-state index in [0.717, 1.165) is 5.01 Å². The SMILES string of the molecule is NS(=O)(=O)c1ccc(-c2ccc(C=C3C(=O)NN(c4ccc(Cl)cc4)C3=O)o2)cc1. The second-order valence-corrected chi connectivity index (χ2v) is 8.39. The molecule has 0 spiro atoms. The first kappa shape index (κ1) is 19.9. The number of hydrogen-bond donors (Lipinski definition) is 2. The number of carbonyl (C=O) groups excluding carboxylic acids is 2. The van der Waals surface area contributed by atoms with Crippen LogP contribution in [0.4, 0.5) is 5.69 Å². The van der Waals surface area contributed by atoms with Crippen LogP contribution in [0.3, 0.4) is 0 Å². The van der Waals surface area contributed by atoms with E-state index in [1.165, 1.54) is 18.2 Å². The van der Waals surface area contributed by atoms with Crippen LogP contribution < -0.4 is 15.6 Å². The third kappa shape index (κ3) is 3.86. The number of primary sulfonamides is 1. The van der Waals surface area contributed by atoms with Gasteiger partial charge in [-0.25, -0.2) is 18.6 Å². The standard InChI is InChI=1S/C20H14ClN3O5S/c21-13-3-5-14(6-4-13)24-20(26)17(19(25)23-24)11-15-7-10-18(29-15)12-1-8-16(9-2-12)30(22,27)28/h1-11H,(H,23,25)(H2,22,27,28). The van der Waals surface area contributed by atoms with Gasteiger partial charge in [-0.3, -0.25) is 15.0 Å². The van der Waals surface area contributed by atoms with Gasteiger partial charge < -0.3 is 4.42 Å². The Labute approximate surface area is 176 Å². The van der Waals surface area contributed by atoms with E-state index < -0.39 is 21.8 Å². The summed E-state index contributed by atoms with van der Waals surface area (Å²) in [4.78, 5) is 24.9. The van der Waals surface area contributed by atoms with Crippen LogP contribution in [0.5, 0.6) is 0 Å². The Morgan fingerprint density at radius 1 is 0.967 bits per heavy atom. The smallest absolute Gasteiger partial charge is 0.282 e. The lowest BCUT2D eigenvalue weighted by molar-refractivity contribution is -0.117. The molecule has 0 saturated carbocycles. The van der Waals surface area contributed by atoms with Crippen molar-refractivity contribution in [3.05, 3.63) is 77.0 Å². The molecule has 2 amide bonds. The molecular weight excluding hydrogens is 430 g/mol. The fraction of sp³-hybridized carbons (Fsp3) is 0. The lowest BCUT2D eigenvalue weighted by Gasteiger charge is -2.14. The van der Waals surface area contributed by atoms with E-state index in [1.54, 1.807) is 48.5 Å². The minimum atomic E-state index is -3.79. The van der Waals surface area contributed by atoms with Crippen LogP contribution in [0.25, 0.3) is 17.4 Å². The minimum Gasteiger partial charge on any atom is -0.457 e. The molecule has 1 aliphatic rings. The number of benzene rings is 2. The molecule has 1 aromatic heterocycles. The number of rotatable bonds is 4. The highest BCUT2D eigenvalue weighted by Gasteiger charge is 2.34. The third-order valence-electron chi connectivity index (χ3n) is 4.36. The molecule has 4 rings (SSSR count). The molecule has 0 unspecified atom stereocenters. The Morgan fingerprint density at radius 3 is 2.27 bits per heavy atom. The molecule has 0 radical (unpaired) electrons. The Kier molecular flexibility index (Phi) is 4.94. The monoisotopic (exact) mass is 443 g/mol. The van der Waals surface area contributed by atoms with Gasteiger partial charge in [0, 0.05) is 10.6 Å². The molecule has 0 aliphatic carbocycles. The number of carbonyl (C=O) groups is 2. The number of nitrogens with zero attached hydrogens (tertiary/aromatic N) is 1. The normalized spacial score (nSPS) is 15.7. The van der Waals surface area contributed by atoms with Crippen LogP contribution in [0.1, 0.15) is 5.76 Å². The zero-order valence-electron chi connectivity index (χ0n) is 15.2. The zero-order chi connectivity index (χ0) is 21.5. The fourth-order valence-electron chi connectivity index (χ4n) is 2.87. The van der Waals surface area contributed by atoms with Gasteiger partial charge in [0.15, 0.2) is 0 Å². The number of furan rings is 1. The molecule has 2 aromatic carbocycles. The number of anilines is 1. The summed E-state index contributed by atoms with van der Waals surface area (Å²) in [6, 6.07) is 15.5. The van der Waals surface area contributed by atoms with Crippen molar-refractivity contribution in [1.29, 1.82) is 0 Å². The first-order valence-electron chi connectivity index (χ1n) is 8.58. The van der Waals surface area contributed by atoms with Crippen LogP contribution >= 0.6 is 11.6 Å². The molecule has 1 saturated heterocycles. The highest BCUT2D eigenvalue weighted by Crippen LogP contribution is 2.27. The largest absolute Gasteiger partial charge is 0.457 e. The Hall–Kier alpha value is -3.40. The van der Waals surface area contributed by atoms with E-state index in [0.29, 0.717) is 22.0 Å². The van der Waals surface area contributed by atoms with Gasteiger partial charge in [-0.05, 0) is 66.7 Å². The van der Waals surface area contributed by atoms with E-state index in [-0.39, 0.29) is 16.2 Å². The number of halogens is 1. The molecule has 2 heterocycles. The van der Waals surface area contributed by atoms with Crippen molar-refractivity contribution in [2.75, 3.05) is 5.01 Å². The Balaban J connectivity index is 1.58. The maximum Gasteiger partial charge on any atom is 0.282 e. The average molecular weight is 444 g/mol. The molecule has 3 aromatic rings. The molecule has 0 atom stereocenters. The summed E-state index contributed by atoms with van der Waals surface area (Å²) in [5.41, 5.74) is 3.48. The molecule has 10 heteroatoms. The van der Waals surface area contributed by atoms with Gasteiger partial charge in [0.1, 0.15) is 17.1 Å². The van der Waals surface area contributed by atoms with Gasteiger partial charge in [-0.15, -0.1) is 0 Å². The maximum atomic E-state index is 12.6. The first-order valence-corrected chi connectivity index (χ1v) is 10.5. The third-order valence-corrected chi connectivity index (χ3v) is 5.54. The molecule has 0 bridgehead atoms. The van der Waals surface area contributed by atoms with Gasteiger partial charge in [-0.2, -0.15) is 0 Å². The second kappa shape index (κ2) is 7.45. The van der Waals surface area contributed by atoms with Gasteiger partial charge in [0.2, 0.25) is 10.0 Å². The van der Waals surface area contributed by atoms with Crippen molar-refractivity contribution in [3.8, 4) is 11.3 Å². The quantitative estimate of drug-likeness (QED) is 0.474. The summed E-state index contributed by atoms with van der Waals surface area (Å²) in [5, 5.41) is 6.72. The molecule has 30 heavy (non-hydrogen) atoms. The summed E-state index contributed by atoms with van der Waals surface area (Å²) in [6.07, 6.45) is 1.34. The summed E-state index contributed by atoms with van der Waals surface area (Å²) in [5.74, 6) is -0.372. The van der Waals surface area contributed by atoms with Crippen molar-refractivity contribution in [2.24, 2.45) is 5.14 Å². The lowest BCUT2D eigenvalue weighted by Crippen LogP contribution is -2.35. The highest BCUT2D eigenvalue weighted by molar-refractivity contribution is 7.89. The number of sulfonamides is 1. The van der Waals surface area contributed by atoms with Gasteiger partial charge >= 0.3 is 0 Å². The molecule has 1 aliphatic heterocycles. The van der Waals surface area contributed by atoms with Gasteiger partial charge in [0.25, 0.3) is 11.8 Å². The zero-order valence-corrected chi connectivity index (χ0v) is 16.8. The first-order chi connectivity index (χ1) is 14.2. The van der Waals surface area contributed by atoms with Crippen LogP contribution in [-0.4, -0.2) is 20.2 Å².